The Morgan fingerprint density at radius 2 is 2.05 bits per heavy atom. The number of unbranched alkanes of at least 4 members (excludes halogenated alkanes) is 2. The Morgan fingerprint density at radius 3 is 2.68 bits per heavy atom. The van der Waals surface area contributed by atoms with Gasteiger partial charge in [0.15, 0.2) is 5.69 Å². The first-order valence-electron chi connectivity index (χ1n) is 7.40. The molecular weight excluding hydrogens is 242 g/mol. The molecule has 1 aliphatic rings. The molecule has 0 spiro atoms. The molecule has 0 atom stereocenters. The van der Waals surface area contributed by atoms with Crippen molar-refractivity contribution in [2.75, 3.05) is 0 Å². The SMILES string of the molecule is CCCCCn1nnc(C(=O)O)c1C1CCCCC1. The van der Waals surface area contributed by atoms with Crippen LogP contribution in [-0.4, -0.2) is 26.1 Å². The van der Waals surface area contributed by atoms with Crippen molar-refractivity contribution in [3.63, 3.8) is 0 Å². The summed E-state index contributed by atoms with van der Waals surface area (Å²) in [5, 5.41) is 17.2. The van der Waals surface area contributed by atoms with Gasteiger partial charge >= 0.3 is 5.97 Å². The van der Waals surface area contributed by atoms with Gasteiger partial charge in [0.1, 0.15) is 0 Å². The molecule has 1 saturated carbocycles. The second kappa shape index (κ2) is 6.68. The van der Waals surface area contributed by atoms with Crippen LogP contribution < -0.4 is 0 Å². The average molecular weight is 265 g/mol. The molecular formula is C14H23N3O2. The van der Waals surface area contributed by atoms with E-state index < -0.39 is 5.97 Å². The molecule has 0 aromatic carbocycles. The quantitative estimate of drug-likeness (QED) is 0.802. The Labute approximate surface area is 114 Å². The normalized spacial score (nSPS) is 16.7. The smallest absolute Gasteiger partial charge is 0.358 e. The van der Waals surface area contributed by atoms with E-state index in [4.69, 9.17) is 0 Å². The maximum absolute atomic E-state index is 11.3. The lowest BCUT2D eigenvalue weighted by Crippen LogP contribution is -2.15. The van der Waals surface area contributed by atoms with Crippen LogP contribution in [-0.2, 0) is 6.54 Å². The third-order valence-corrected chi connectivity index (χ3v) is 3.94. The summed E-state index contributed by atoms with van der Waals surface area (Å²) in [6, 6.07) is 0. The first-order valence-corrected chi connectivity index (χ1v) is 7.40. The van der Waals surface area contributed by atoms with Gasteiger partial charge in [-0.2, -0.15) is 0 Å². The molecule has 0 unspecified atom stereocenters. The Balaban J connectivity index is 2.19. The number of rotatable bonds is 6. The van der Waals surface area contributed by atoms with Crippen LogP contribution in [0.5, 0.6) is 0 Å². The molecule has 5 heteroatoms. The Bertz CT molecular complexity index is 422. The van der Waals surface area contributed by atoms with Gasteiger partial charge in [-0.15, -0.1) is 5.10 Å². The third-order valence-electron chi connectivity index (χ3n) is 3.94. The van der Waals surface area contributed by atoms with E-state index in [2.05, 4.69) is 17.2 Å². The maximum atomic E-state index is 11.3. The lowest BCUT2D eigenvalue weighted by atomic mass is 9.86. The van der Waals surface area contributed by atoms with Crippen LogP contribution in [0.2, 0.25) is 0 Å². The summed E-state index contributed by atoms with van der Waals surface area (Å²) in [6.07, 6.45) is 9.11. The predicted octanol–water partition coefficient (Wildman–Crippen LogP) is 3.21. The van der Waals surface area contributed by atoms with E-state index in [0.717, 1.165) is 44.3 Å². The highest BCUT2D eigenvalue weighted by molar-refractivity contribution is 5.86. The van der Waals surface area contributed by atoms with Crippen LogP contribution in [0.4, 0.5) is 0 Å². The van der Waals surface area contributed by atoms with Crippen molar-refractivity contribution in [2.45, 2.75) is 70.8 Å². The molecule has 0 radical (unpaired) electrons. The molecule has 19 heavy (non-hydrogen) atoms. The molecule has 0 amide bonds. The van der Waals surface area contributed by atoms with Gasteiger partial charge in [0.2, 0.25) is 0 Å². The Morgan fingerprint density at radius 1 is 1.32 bits per heavy atom. The zero-order valence-electron chi connectivity index (χ0n) is 11.6. The summed E-state index contributed by atoms with van der Waals surface area (Å²) in [7, 11) is 0. The number of hydrogen-bond acceptors (Lipinski definition) is 3. The van der Waals surface area contributed by atoms with Crippen molar-refractivity contribution >= 4 is 5.97 Å². The van der Waals surface area contributed by atoms with E-state index in [1.54, 1.807) is 0 Å². The standard InChI is InChI=1S/C14H23N3O2/c1-2-3-7-10-17-13(11-8-5-4-6-9-11)12(14(18)19)15-16-17/h11H,2-10H2,1H3,(H,18,19). The van der Waals surface area contributed by atoms with Gasteiger partial charge in [0.25, 0.3) is 0 Å². The summed E-state index contributed by atoms with van der Waals surface area (Å²) in [4.78, 5) is 11.3. The van der Waals surface area contributed by atoms with E-state index >= 15 is 0 Å². The van der Waals surface area contributed by atoms with Crippen molar-refractivity contribution in [3.8, 4) is 0 Å². The molecule has 1 aliphatic carbocycles. The monoisotopic (exact) mass is 265 g/mol. The first kappa shape index (κ1) is 14.0. The van der Waals surface area contributed by atoms with Gasteiger partial charge in [-0.3, -0.25) is 0 Å². The first-order chi connectivity index (χ1) is 9.24. The average Bonchev–Trinajstić information content (AvgIpc) is 2.84. The Hall–Kier alpha value is -1.39. The number of hydrogen-bond donors (Lipinski definition) is 1. The van der Waals surface area contributed by atoms with Gasteiger partial charge in [0, 0.05) is 12.5 Å². The fourth-order valence-corrected chi connectivity index (χ4v) is 2.93. The van der Waals surface area contributed by atoms with Crippen molar-refractivity contribution in [1.82, 2.24) is 15.0 Å². The molecule has 1 fully saturated rings. The number of carbonyl (C=O) groups is 1. The topological polar surface area (TPSA) is 68.0 Å². The predicted molar refractivity (Wildman–Crippen MR) is 72.3 cm³/mol. The molecule has 1 heterocycles. The van der Waals surface area contributed by atoms with Gasteiger partial charge in [0.05, 0.1) is 5.69 Å². The lowest BCUT2D eigenvalue weighted by Gasteiger charge is -2.22. The van der Waals surface area contributed by atoms with Gasteiger partial charge in [-0.25, -0.2) is 9.48 Å². The van der Waals surface area contributed by atoms with E-state index in [1.807, 2.05) is 4.68 Å². The number of carboxylic acid groups (broad SMARTS) is 1. The van der Waals surface area contributed by atoms with Gasteiger partial charge in [-0.05, 0) is 19.3 Å². The number of aromatic nitrogens is 3. The zero-order chi connectivity index (χ0) is 13.7. The van der Waals surface area contributed by atoms with Crippen LogP contribution in [0, 0.1) is 0 Å². The molecule has 1 aromatic heterocycles. The zero-order valence-corrected chi connectivity index (χ0v) is 11.6. The molecule has 5 nitrogen and oxygen atoms in total. The molecule has 0 aliphatic heterocycles. The largest absolute Gasteiger partial charge is 0.476 e. The number of aromatic carboxylic acids is 1. The Kier molecular flexibility index (Phi) is 4.93. The lowest BCUT2D eigenvalue weighted by molar-refractivity contribution is 0.0688. The van der Waals surface area contributed by atoms with Crippen LogP contribution in [0.25, 0.3) is 0 Å². The summed E-state index contributed by atoms with van der Waals surface area (Å²) >= 11 is 0. The molecule has 0 bridgehead atoms. The van der Waals surface area contributed by atoms with Crippen LogP contribution >= 0.6 is 0 Å². The number of carboxylic acids is 1. The summed E-state index contributed by atoms with van der Waals surface area (Å²) in [5.41, 5.74) is 1.03. The summed E-state index contributed by atoms with van der Waals surface area (Å²) in [6.45, 7) is 2.95. The summed E-state index contributed by atoms with van der Waals surface area (Å²) < 4.78 is 1.84. The van der Waals surface area contributed by atoms with Crippen LogP contribution in [0.15, 0.2) is 0 Å². The van der Waals surface area contributed by atoms with E-state index in [9.17, 15) is 9.90 Å². The third kappa shape index (κ3) is 3.33. The molecule has 106 valence electrons. The van der Waals surface area contributed by atoms with Crippen molar-refractivity contribution in [2.24, 2.45) is 0 Å². The van der Waals surface area contributed by atoms with Crippen molar-refractivity contribution < 1.29 is 9.90 Å². The van der Waals surface area contributed by atoms with Crippen molar-refractivity contribution in [1.29, 1.82) is 0 Å². The maximum Gasteiger partial charge on any atom is 0.358 e. The highest BCUT2D eigenvalue weighted by atomic mass is 16.4. The van der Waals surface area contributed by atoms with Crippen LogP contribution in [0.3, 0.4) is 0 Å². The van der Waals surface area contributed by atoms with Crippen molar-refractivity contribution in [3.05, 3.63) is 11.4 Å². The van der Waals surface area contributed by atoms with Gasteiger partial charge in [-0.1, -0.05) is 44.2 Å². The van der Waals surface area contributed by atoms with E-state index in [1.165, 1.54) is 19.3 Å². The van der Waals surface area contributed by atoms with Gasteiger partial charge < -0.3 is 5.11 Å². The minimum atomic E-state index is -0.942. The minimum absolute atomic E-state index is 0.170. The molecule has 0 saturated heterocycles. The molecule has 1 N–H and O–H groups in total. The molecule has 1 aromatic rings. The fraction of sp³-hybridized carbons (Fsp3) is 0.786. The second-order valence-electron chi connectivity index (χ2n) is 5.39. The van der Waals surface area contributed by atoms with Crippen LogP contribution in [0.1, 0.15) is 80.4 Å². The summed E-state index contributed by atoms with van der Waals surface area (Å²) in [5.74, 6) is -0.612. The minimum Gasteiger partial charge on any atom is -0.476 e. The second-order valence-corrected chi connectivity index (χ2v) is 5.39. The number of nitrogens with zero attached hydrogens (tertiary/aromatic N) is 3. The highest BCUT2D eigenvalue weighted by Crippen LogP contribution is 2.33. The number of aryl methyl sites for hydroxylation is 1. The fourth-order valence-electron chi connectivity index (χ4n) is 2.93. The highest BCUT2D eigenvalue weighted by Gasteiger charge is 2.27. The molecule has 2 rings (SSSR count). The van der Waals surface area contributed by atoms with E-state index in [0.29, 0.717) is 5.92 Å². The van der Waals surface area contributed by atoms with E-state index in [-0.39, 0.29) is 5.69 Å².